The fraction of sp³-hybridized carbons (Fsp3) is 0.625. The molecule has 1 N–H and O–H groups in total. The fourth-order valence-electron chi connectivity index (χ4n) is 3.47. The van der Waals surface area contributed by atoms with Crippen molar-refractivity contribution in [2.45, 2.75) is 31.8 Å². The van der Waals surface area contributed by atoms with Gasteiger partial charge in [-0.1, -0.05) is 18.2 Å². The van der Waals surface area contributed by atoms with Gasteiger partial charge in [0.15, 0.2) is 0 Å². The fourth-order valence-corrected chi connectivity index (χ4v) is 3.47. The third kappa shape index (κ3) is 2.77. The average Bonchev–Trinajstić information content (AvgIpc) is 3.00. The molecule has 1 saturated heterocycles. The number of hydrogen-bond acceptors (Lipinski definition) is 3. The smallest absolute Gasteiger partial charge is 0.0419 e. The molecule has 104 valence electrons. The van der Waals surface area contributed by atoms with E-state index in [-0.39, 0.29) is 0 Å². The van der Waals surface area contributed by atoms with E-state index in [9.17, 15) is 0 Å². The molecule has 19 heavy (non-hydrogen) atoms. The minimum atomic E-state index is 0.745. The van der Waals surface area contributed by atoms with Crippen molar-refractivity contribution in [3.05, 3.63) is 29.3 Å². The van der Waals surface area contributed by atoms with Crippen LogP contribution in [0.1, 0.15) is 24.0 Å². The summed E-state index contributed by atoms with van der Waals surface area (Å²) in [5, 5.41) is 3.54. The quantitative estimate of drug-likeness (QED) is 0.894. The second-order valence-corrected chi connectivity index (χ2v) is 6.10. The second kappa shape index (κ2) is 5.51. The Kier molecular flexibility index (Phi) is 3.76. The third-order valence-electron chi connectivity index (χ3n) is 4.57. The number of anilines is 1. The maximum atomic E-state index is 3.54. The minimum absolute atomic E-state index is 0.745. The van der Waals surface area contributed by atoms with Gasteiger partial charge < -0.3 is 15.1 Å². The summed E-state index contributed by atoms with van der Waals surface area (Å²) in [4.78, 5) is 4.98. The minimum Gasteiger partial charge on any atom is -0.384 e. The van der Waals surface area contributed by atoms with E-state index in [0.717, 1.165) is 19.1 Å². The van der Waals surface area contributed by atoms with E-state index in [0.29, 0.717) is 0 Å². The predicted molar refractivity (Wildman–Crippen MR) is 80.6 cm³/mol. The molecule has 2 aliphatic rings. The van der Waals surface area contributed by atoms with E-state index in [1.54, 1.807) is 0 Å². The first-order valence-corrected chi connectivity index (χ1v) is 7.47. The highest BCUT2D eigenvalue weighted by Gasteiger charge is 2.22. The highest BCUT2D eigenvalue weighted by Crippen LogP contribution is 2.27. The van der Waals surface area contributed by atoms with Crippen LogP contribution in [0.5, 0.6) is 0 Å². The molecule has 2 aliphatic heterocycles. The van der Waals surface area contributed by atoms with Crippen molar-refractivity contribution in [2.75, 3.05) is 39.0 Å². The molecule has 2 heterocycles. The van der Waals surface area contributed by atoms with Gasteiger partial charge in [-0.15, -0.1) is 0 Å². The van der Waals surface area contributed by atoms with Gasteiger partial charge in [0, 0.05) is 31.4 Å². The zero-order valence-corrected chi connectivity index (χ0v) is 12.2. The number of nitrogens with one attached hydrogen (secondary N) is 1. The van der Waals surface area contributed by atoms with Gasteiger partial charge in [-0.2, -0.15) is 0 Å². The lowest BCUT2D eigenvalue weighted by molar-refractivity contribution is 0.215. The first-order chi connectivity index (χ1) is 9.24. The van der Waals surface area contributed by atoms with Crippen LogP contribution < -0.4 is 5.32 Å². The van der Waals surface area contributed by atoms with E-state index in [1.165, 1.54) is 49.2 Å². The van der Waals surface area contributed by atoms with E-state index in [2.05, 4.69) is 47.4 Å². The second-order valence-electron chi connectivity index (χ2n) is 6.10. The maximum Gasteiger partial charge on any atom is 0.0419 e. The summed E-state index contributed by atoms with van der Waals surface area (Å²) in [7, 11) is 4.51. The average molecular weight is 259 g/mol. The number of likely N-dealkylation sites (tertiary alicyclic amines) is 1. The van der Waals surface area contributed by atoms with Crippen LogP contribution in [0.3, 0.4) is 0 Å². The molecule has 0 aromatic heterocycles. The van der Waals surface area contributed by atoms with Crippen LogP contribution in [0.15, 0.2) is 18.2 Å². The number of para-hydroxylation sites is 1. The van der Waals surface area contributed by atoms with Gasteiger partial charge in [0.05, 0.1) is 0 Å². The van der Waals surface area contributed by atoms with Crippen LogP contribution >= 0.6 is 0 Å². The SMILES string of the molecule is CN(Cc1cccc2c1NCC2)CC1CCCN1C. The number of benzene rings is 1. The Labute approximate surface area is 116 Å². The largest absolute Gasteiger partial charge is 0.384 e. The number of nitrogens with zero attached hydrogens (tertiary/aromatic N) is 2. The monoisotopic (exact) mass is 259 g/mol. The van der Waals surface area contributed by atoms with E-state index < -0.39 is 0 Å². The Bertz CT molecular complexity index is 444. The molecule has 0 aliphatic carbocycles. The summed E-state index contributed by atoms with van der Waals surface area (Å²) in [6.45, 7) is 4.60. The van der Waals surface area contributed by atoms with Crippen molar-refractivity contribution in [3.8, 4) is 0 Å². The molecule has 0 saturated carbocycles. The lowest BCUT2D eigenvalue weighted by Gasteiger charge is -2.26. The number of likely N-dealkylation sites (N-methyl/N-ethyl adjacent to an activating group) is 2. The van der Waals surface area contributed by atoms with Gasteiger partial charge in [0.1, 0.15) is 0 Å². The molecule has 3 heteroatoms. The van der Waals surface area contributed by atoms with Gasteiger partial charge in [-0.25, -0.2) is 0 Å². The van der Waals surface area contributed by atoms with Crippen LogP contribution in [-0.2, 0) is 13.0 Å². The van der Waals surface area contributed by atoms with Crippen LogP contribution in [-0.4, -0.2) is 49.6 Å². The molecule has 1 fully saturated rings. The maximum absolute atomic E-state index is 3.54. The highest BCUT2D eigenvalue weighted by atomic mass is 15.2. The molecule has 0 spiro atoms. The van der Waals surface area contributed by atoms with Gasteiger partial charge in [0.2, 0.25) is 0 Å². The van der Waals surface area contributed by atoms with Crippen molar-refractivity contribution in [1.29, 1.82) is 0 Å². The van der Waals surface area contributed by atoms with Crippen LogP contribution in [0.2, 0.25) is 0 Å². The summed E-state index contributed by atoms with van der Waals surface area (Å²) < 4.78 is 0. The predicted octanol–water partition coefficient (Wildman–Crippen LogP) is 2.18. The van der Waals surface area contributed by atoms with Crippen molar-refractivity contribution < 1.29 is 0 Å². The summed E-state index contributed by atoms with van der Waals surface area (Å²) in [6, 6.07) is 7.47. The molecule has 1 atom stereocenters. The number of hydrogen-bond donors (Lipinski definition) is 1. The molecule has 0 radical (unpaired) electrons. The van der Waals surface area contributed by atoms with Crippen molar-refractivity contribution in [3.63, 3.8) is 0 Å². The molecular weight excluding hydrogens is 234 g/mol. The Morgan fingerprint density at radius 1 is 1.42 bits per heavy atom. The lowest BCUT2D eigenvalue weighted by Crippen LogP contribution is -2.36. The van der Waals surface area contributed by atoms with Gasteiger partial charge in [-0.3, -0.25) is 0 Å². The molecule has 0 amide bonds. The molecule has 3 nitrogen and oxygen atoms in total. The summed E-state index contributed by atoms with van der Waals surface area (Å²) in [5.41, 5.74) is 4.34. The van der Waals surface area contributed by atoms with E-state index in [4.69, 9.17) is 0 Å². The molecular formula is C16H25N3. The first kappa shape index (κ1) is 12.9. The van der Waals surface area contributed by atoms with E-state index in [1.807, 2.05) is 0 Å². The van der Waals surface area contributed by atoms with Crippen molar-refractivity contribution in [1.82, 2.24) is 9.80 Å². The Morgan fingerprint density at radius 3 is 3.11 bits per heavy atom. The Morgan fingerprint density at radius 2 is 2.32 bits per heavy atom. The van der Waals surface area contributed by atoms with Gasteiger partial charge in [0.25, 0.3) is 0 Å². The van der Waals surface area contributed by atoms with Crippen molar-refractivity contribution in [2.24, 2.45) is 0 Å². The number of rotatable bonds is 4. The topological polar surface area (TPSA) is 18.5 Å². The standard InChI is InChI=1S/C16H25N3/c1-18(12-15-7-4-10-19(15)2)11-14-6-3-5-13-8-9-17-16(13)14/h3,5-6,15,17H,4,7-12H2,1-2H3. The molecule has 1 unspecified atom stereocenters. The molecule has 3 rings (SSSR count). The van der Waals surface area contributed by atoms with Crippen LogP contribution in [0, 0.1) is 0 Å². The molecule has 1 aromatic carbocycles. The van der Waals surface area contributed by atoms with Gasteiger partial charge in [-0.05, 0) is 51.0 Å². The molecule has 0 bridgehead atoms. The molecule has 1 aromatic rings. The van der Waals surface area contributed by atoms with Crippen LogP contribution in [0.25, 0.3) is 0 Å². The summed E-state index contributed by atoms with van der Waals surface area (Å²) >= 11 is 0. The number of fused-ring (bicyclic) bond motifs is 1. The first-order valence-electron chi connectivity index (χ1n) is 7.47. The normalized spacial score (nSPS) is 22.8. The third-order valence-corrected chi connectivity index (χ3v) is 4.57. The van der Waals surface area contributed by atoms with E-state index >= 15 is 0 Å². The van der Waals surface area contributed by atoms with Crippen LogP contribution in [0.4, 0.5) is 5.69 Å². The zero-order chi connectivity index (χ0) is 13.2. The van der Waals surface area contributed by atoms with Crippen molar-refractivity contribution >= 4 is 5.69 Å². The summed E-state index contributed by atoms with van der Waals surface area (Å²) in [6.07, 6.45) is 3.89. The summed E-state index contributed by atoms with van der Waals surface area (Å²) in [5.74, 6) is 0. The zero-order valence-electron chi connectivity index (χ0n) is 12.2. The highest BCUT2D eigenvalue weighted by molar-refractivity contribution is 5.61. The Balaban J connectivity index is 1.63. The Hall–Kier alpha value is -1.06. The lowest BCUT2D eigenvalue weighted by atomic mass is 10.1. The van der Waals surface area contributed by atoms with Gasteiger partial charge >= 0.3 is 0 Å².